The van der Waals surface area contributed by atoms with Crippen LogP contribution in [0.4, 0.5) is 16.5 Å². The van der Waals surface area contributed by atoms with E-state index in [9.17, 15) is 4.79 Å². The zero-order chi connectivity index (χ0) is 31.7. The SMILES string of the molecule is CCCCc1ccc(OC(=O)/C(=C\c2cc3sc(/N=N/c4ccc(N5CCCC5)cc4)nc3s2)c2ccc(CCCC)cc2)cc1. The highest BCUT2D eigenvalue weighted by Crippen LogP contribution is 2.37. The van der Waals surface area contributed by atoms with Crippen LogP contribution in [-0.2, 0) is 17.6 Å². The summed E-state index contributed by atoms with van der Waals surface area (Å²) in [5, 5.41) is 9.45. The lowest BCUT2D eigenvalue weighted by Crippen LogP contribution is -2.17. The number of hydrogen-bond donors (Lipinski definition) is 0. The molecule has 5 aromatic rings. The molecule has 236 valence electrons. The quantitative estimate of drug-likeness (QED) is 0.0551. The number of aromatic nitrogens is 1. The minimum atomic E-state index is -0.377. The maximum absolute atomic E-state index is 13.6. The Balaban J connectivity index is 1.20. The van der Waals surface area contributed by atoms with Gasteiger partial charge in [0.15, 0.2) is 0 Å². The molecule has 0 spiro atoms. The van der Waals surface area contributed by atoms with E-state index in [2.05, 4.69) is 59.3 Å². The van der Waals surface area contributed by atoms with Crippen molar-refractivity contribution in [2.24, 2.45) is 10.2 Å². The number of carbonyl (C=O) groups excluding carboxylic acids is 1. The smallest absolute Gasteiger partial charge is 0.344 e. The van der Waals surface area contributed by atoms with Crippen LogP contribution in [0.3, 0.4) is 0 Å². The number of nitrogens with zero attached hydrogens (tertiary/aromatic N) is 4. The van der Waals surface area contributed by atoms with Gasteiger partial charge in [0, 0.05) is 23.7 Å². The first kappa shape index (κ1) is 31.8. The number of rotatable bonds is 13. The first-order valence-corrected chi connectivity index (χ1v) is 18.0. The fraction of sp³-hybridized carbons (Fsp3) is 0.316. The van der Waals surface area contributed by atoms with Crippen LogP contribution < -0.4 is 9.64 Å². The average Bonchev–Trinajstić information content (AvgIpc) is 3.84. The minimum Gasteiger partial charge on any atom is -0.423 e. The van der Waals surface area contributed by atoms with E-state index in [0.29, 0.717) is 16.5 Å². The predicted octanol–water partition coefficient (Wildman–Crippen LogP) is 11.2. The number of aryl methyl sites for hydroxylation is 2. The van der Waals surface area contributed by atoms with Gasteiger partial charge >= 0.3 is 5.97 Å². The average molecular weight is 649 g/mol. The van der Waals surface area contributed by atoms with E-state index >= 15 is 0 Å². The van der Waals surface area contributed by atoms with Crippen LogP contribution in [-0.4, -0.2) is 24.0 Å². The third-order valence-electron chi connectivity index (χ3n) is 8.21. The van der Waals surface area contributed by atoms with Crippen molar-refractivity contribution in [3.8, 4) is 5.75 Å². The highest BCUT2D eigenvalue weighted by Gasteiger charge is 2.17. The summed E-state index contributed by atoms with van der Waals surface area (Å²) in [5.74, 6) is 0.169. The summed E-state index contributed by atoms with van der Waals surface area (Å²) in [6.45, 7) is 6.62. The van der Waals surface area contributed by atoms with Crippen LogP contribution >= 0.6 is 22.7 Å². The molecular formula is C38H40N4O2S2. The molecule has 8 heteroatoms. The molecular weight excluding hydrogens is 609 g/mol. The normalized spacial score (nSPS) is 13.7. The van der Waals surface area contributed by atoms with E-state index in [0.717, 1.165) is 77.3 Å². The molecule has 0 radical (unpaired) electrons. The van der Waals surface area contributed by atoms with Gasteiger partial charge in [0.1, 0.15) is 10.6 Å². The molecule has 0 bridgehead atoms. The van der Waals surface area contributed by atoms with Gasteiger partial charge < -0.3 is 9.64 Å². The largest absolute Gasteiger partial charge is 0.423 e. The van der Waals surface area contributed by atoms with Crippen molar-refractivity contribution < 1.29 is 9.53 Å². The van der Waals surface area contributed by atoms with Crippen molar-refractivity contribution in [1.29, 1.82) is 0 Å². The number of esters is 1. The van der Waals surface area contributed by atoms with Crippen LogP contribution in [0.15, 0.2) is 89.1 Å². The fourth-order valence-corrected chi connectivity index (χ4v) is 7.55. The number of azo groups is 1. The third-order valence-corrected chi connectivity index (χ3v) is 10.2. The lowest BCUT2D eigenvalue weighted by molar-refractivity contribution is -0.127. The predicted molar refractivity (Wildman–Crippen MR) is 193 cm³/mol. The summed E-state index contributed by atoms with van der Waals surface area (Å²) in [6, 6.07) is 26.4. The Morgan fingerprint density at radius 3 is 2.13 bits per heavy atom. The number of thiazole rings is 1. The van der Waals surface area contributed by atoms with Crippen LogP contribution in [0.1, 0.15) is 73.9 Å². The van der Waals surface area contributed by atoms with Gasteiger partial charge in [-0.25, -0.2) is 9.78 Å². The summed E-state index contributed by atoms with van der Waals surface area (Å²) < 4.78 is 6.91. The Labute approximate surface area is 279 Å². The summed E-state index contributed by atoms with van der Waals surface area (Å²) in [7, 11) is 0. The number of fused-ring (bicyclic) bond motifs is 1. The Kier molecular flexibility index (Phi) is 10.7. The first-order chi connectivity index (χ1) is 22.6. The molecule has 3 heterocycles. The molecule has 3 aromatic carbocycles. The molecule has 2 aromatic heterocycles. The summed E-state index contributed by atoms with van der Waals surface area (Å²) in [4.78, 5) is 22.6. The molecule has 0 aliphatic carbocycles. The lowest BCUT2D eigenvalue weighted by Gasteiger charge is -2.17. The second-order valence-corrected chi connectivity index (χ2v) is 13.8. The highest BCUT2D eigenvalue weighted by atomic mass is 32.1. The second kappa shape index (κ2) is 15.4. The lowest BCUT2D eigenvalue weighted by atomic mass is 10.0. The van der Waals surface area contributed by atoms with Crippen molar-refractivity contribution in [3.63, 3.8) is 0 Å². The number of unbranched alkanes of at least 4 members (excludes halogenated alkanes) is 2. The van der Waals surface area contributed by atoms with Crippen LogP contribution in [0.25, 0.3) is 21.2 Å². The van der Waals surface area contributed by atoms with Crippen molar-refractivity contribution in [1.82, 2.24) is 4.98 Å². The van der Waals surface area contributed by atoms with E-state index in [-0.39, 0.29) is 5.97 Å². The number of thiophene rings is 1. The molecule has 6 rings (SSSR count). The molecule has 0 N–H and O–H groups in total. The molecule has 6 nitrogen and oxygen atoms in total. The van der Waals surface area contributed by atoms with Gasteiger partial charge in [0.05, 0.1) is 16.0 Å². The van der Waals surface area contributed by atoms with Gasteiger partial charge in [-0.15, -0.1) is 21.6 Å². The van der Waals surface area contributed by atoms with Crippen molar-refractivity contribution >= 4 is 66.3 Å². The zero-order valence-corrected chi connectivity index (χ0v) is 28.2. The van der Waals surface area contributed by atoms with E-state index in [4.69, 9.17) is 9.72 Å². The van der Waals surface area contributed by atoms with Gasteiger partial charge in [-0.1, -0.05) is 74.4 Å². The molecule has 0 atom stereocenters. The first-order valence-electron chi connectivity index (χ1n) is 16.4. The molecule has 1 aliphatic heterocycles. The monoisotopic (exact) mass is 648 g/mol. The Bertz CT molecular complexity index is 1770. The van der Waals surface area contributed by atoms with Gasteiger partial charge in [0.2, 0.25) is 5.13 Å². The molecule has 0 unspecified atom stereocenters. The molecule has 1 fully saturated rings. The number of benzene rings is 3. The van der Waals surface area contributed by atoms with Crippen LogP contribution in [0.2, 0.25) is 0 Å². The second-order valence-electron chi connectivity index (χ2n) is 11.7. The van der Waals surface area contributed by atoms with E-state index in [1.54, 1.807) is 0 Å². The third kappa shape index (κ3) is 8.17. The minimum absolute atomic E-state index is 0.377. The molecule has 46 heavy (non-hydrogen) atoms. The Hall–Kier alpha value is -4.14. The van der Waals surface area contributed by atoms with Gasteiger partial charge in [-0.3, -0.25) is 0 Å². The number of hydrogen-bond acceptors (Lipinski definition) is 8. The number of ether oxygens (including phenoxy) is 1. The molecule has 1 aliphatic rings. The van der Waals surface area contributed by atoms with Crippen LogP contribution in [0.5, 0.6) is 5.75 Å². The molecule has 0 amide bonds. The van der Waals surface area contributed by atoms with Gasteiger partial charge in [0.25, 0.3) is 0 Å². The Morgan fingerprint density at radius 2 is 1.50 bits per heavy atom. The van der Waals surface area contributed by atoms with E-state index in [1.165, 1.54) is 52.3 Å². The van der Waals surface area contributed by atoms with Gasteiger partial charge in [-0.05, 0) is 104 Å². The standard InChI is InChI=1S/C38H40N4O2S2/c1-3-5-9-27-11-15-29(16-12-27)34(37(43)44-32-21-13-28(14-22-32)10-6-4-2)25-33-26-35-36(45-33)39-38(46-35)41-40-30-17-19-31(20-18-30)42-23-7-8-24-42/h11-22,25-26H,3-10,23-24H2,1-2H3/b34-25-,41-40+. The maximum Gasteiger partial charge on any atom is 0.344 e. The zero-order valence-electron chi connectivity index (χ0n) is 26.6. The fourth-order valence-electron chi connectivity index (χ4n) is 5.56. The van der Waals surface area contributed by atoms with E-state index in [1.807, 2.05) is 54.6 Å². The summed E-state index contributed by atoms with van der Waals surface area (Å²) in [6.07, 6.45) is 11.1. The Morgan fingerprint density at radius 1 is 0.848 bits per heavy atom. The summed E-state index contributed by atoms with van der Waals surface area (Å²) in [5.41, 5.74) is 5.92. The van der Waals surface area contributed by atoms with Crippen LogP contribution in [0, 0.1) is 0 Å². The molecule has 1 saturated heterocycles. The maximum atomic E-state index is 13.6. The van der Waals surface area contributed by atoms with Crippen molar-refractivity contribution in [2.45, 2.75) is 65.2 Å². The summed E-state index contributed by atoms with van der Waals surface area (Å²) >= 11 is 3.03. The van der Waals surface area contributed by atoms with Crippen molar-refractivity contribution in [2.75, 3.05) is 18.0 Å². The number of anilines is 1. The van der Waals surface area contributed by atoms with Crippen molar-refractivity contribution in [3.05, 3.63) is 100 Å². The highest BCUT2D eigenvalue weighted by molar-refractivity contribution is 7.29. The van der Waals surface area contributed by atoms with Gasteiger partial charge in [-0.2, -0.15) is 0 Å². The number of carbonyl (C=O) groups is 1. The molecule has 0 saturated carbocycles. The van der Waals surface area contributed by atoms with E-state index < -0.39 is 0 Å². The topological polar surface area (TPSA) is 67.2 Å².